The number of halogens is 2. The molecule has 1 heterocycles. The van der Waals surface area contributed by atoms with E-state index in [1.165, 1.54) is 19.3 Å². The fourth-order valence-corrected chi connectivity index (χ4v) is 2.43. The van der Waals surface area contributed by atoms with Gasteiger partial charge < -0.3 is 4.57 Å². The first-order valence-electron chi connectivity index (χ1n) is 5.07. The van der Waals surface area contributed by atoms with Crippen LogP contribution in [-0.4, -0.2) is 9.55 Å². The maximum atomic E-state index is 13.4. The van der Waals surface area contributed by atoms with Gasteiger partial charge in [0.25, 0.3) is 0 Å². The van der Waals surface area contributed by atoms with E-state index >= 15 is 0 Å². The molecule has 2 aromatic rings. The van der Waals surface area contributed by atoms with Crippen LogP contribution in [0.15, 0.2) is 18.5 Å². The molecule has 0 bridgehead atoms. The predicted molar refractivity (Wildman–Crippen MR) is 65.3 cm³/mol. The molecule has 3 rings (SSSR count). The molecule has 2 nitrogen and oxygen atoms in total. The Labute approximate surface area is 101 Å². The Morgan fingerprint density at radius 2 is 2.20 bits per heavy atom. The van der Waals surface area contributed by atoms with Gasteiger partial charge in [0.15, 0.2) is 0 Å². The highest BCUT2D eigenvalue weighted by molar-refractivity contribution is 14.1. The van der Waals surface area contributed by atoms with Crippen LogP contribution in [0.1, 0.15) is 25.3 Å². The minimum absolute atomic E-state index is 0.149. The van der Waals surface area contributed by atoms with Crippen molar-refractivity contribution >= 4 is 33.6 Å². The van der Waals surface area contributed by atoms with Gasteiger partial charge in [-0.3, -0.25) is 0 Å². The van der Waals surface area contributed by atoms with Crippen LogP contribution in [-0.2, 0) is 0 Å². The highest BCUT2D eigenvalue weighted by Gasteiger charge is 2.21. The van der Waals surface area contributed by atoms with Gasteiger partial charge in [0.1, 0.15) is 5.82 Å². The first-order chi connectivity index (χ1) is 7.25. The lowest BCUT2D eigenvalue weighted by molar-refractivity contribution is 0.320. The molecule has 0 unspecified atom stereocenters. The minimum Gasteiger partial charge on any atom is -0.327 e. The third-order valence-electron chi connectivity index (χ3n) is 3.08. The SMILES string of the molecule is Fc1cc2c(cc1I)ncn2C1CCC1. The molecule has 0 amide bonds. The maximum Gasteiger partial charge on any atom is 0.138 e. The van der Waals surface area contributed by atoms with Crippen molar-refractivity contribution in [2.24, 2.45) is 0 Å². The van der Waals surface area contributed by atoms with Crippen molar-refractivity contribution in [2.75, 3.05) is 0 Å². The summed E-state index contributed by atoms with van der Waals surface area (Å²) in [6.07, 6.45) is 5.50. The van der Waals surface area contributed by atoms with Gasteiger partial charge in [0.05, 0.1) is 20.9 Å². The lowest BCUT2D eigenvalue weighted by Crippen LogP contribution is -2.15. The largest absolute Gasteiger partial charge is 0.327 e. The molecule has 0 aliphatic heterocycles. The first-order valence-corrected chi connectivity index (χ1v) is 6.15. The molecule has 1 aromatic carbocycles. The van der Waals surface area contributed by atoms with Crippen LogP contribution in [0, 0.1) is 9.39 Å². The molecule has 1 aliphatic rings. The molecule has 4 heteroatoms. The summed E-state index contributed by atoms with van der Waals surface area (Å²) in [6, 6.07) is 3.94. The molecular weight excluding hydrogens is 306 g/mol. The van der Waals surface area contributed by atoms with Crippen molar-refractivity contribution in [2.45, 2.75) is 25.3 Å². The Bertz CT molecular complexity index is 517. The monoisotopic (exact) mass is 316 g/mol. The van der Waals surface area contributed by atoms with Crippen LogP contribution in [0.3, 0.4) is 0 Å². The highest BCUT2D eigenvalue weighted by Crippen LogP contribution is 2.34. The van der Waals surface area contributed by atoms with Crippen molar-refractivity contribution < 1.29 is 4.39 Å². The molecule has 0 radical (unpaired) electrons. The number of aromatic nitrogens is 2. The molecule has 1 aromatic heterocycles. The van der Waals surface area contributed by atoms with Crippen LogP contribution >= 0.6 is 22.6 Å². The average molecular weight is 316 g/mol. The quantitative estimate of drug-likeness (QED) is 0.736. The molecule has 1 fully saturated rings. The summed E-state index contributed by atoms with van der Waals surface area (Å²) in [5.41, 5.74) is 1.82. The zero-order valence-corrected chi connectivity index (χ0v) is 10.2. The number of imidazole rings is 1. The Morgan fingerprint density at radius 1 is 1.40 bits per heavy atom. The summed E-state index contributed by atoms with van der Waals surface area (Å²) in [6.45, 7) is 0. The van der Waals surface area contributed by atoms with Crippen LogP contribution < -0.4 is 0 Å². The summed E-state index contributed by atoms with van der Waals surface area (Å²) in [4.78, 5) is 4.32. The second-order valence-corrected chi connectivity index (χ2v) is 5.15. The Balaban J connectivity index is 2.19. The summed E-state index contributed by atoms with van der Waals surface area (Å²) in [7, 11) is 0. The van der Waals surface area contributed by atoms with Crippen molar-refractivity contribution in [1.82, 2.24) is 9.55 Å². The number of nitrogens with zero attached hydrogens (tertiary/aromatic N) is 2. The van der Waals surface area contributed by atoms with Crippen LogP contribution in [0.2, 0.25) is 0 Å². The maximum absolute atomic E-state index is 13.4. The number of hydrogen-bond donors (Lipinski definition) is 0. The molecule has 0 atom stereocenters. The molecule has 0 N–H and O–H groups in total. The normalized spacial score (nSPS) is 16.9. The van der Waals surface area contributed by atoms with Crippen LogP contribution in [0.5, 0.6) is 0 Å². The van der Waals surface area contributed by atoms with E-state index in [1.807, 2.05) is 28.9 Å². The minimum atomic E-state index is -0.149. The van der Waals surface area contributed by atoms with Gasteiger partial charge in [-0.15, -0.1) is 0 Å². The summed E-state index contributed by atoms with van der Waals surface area (Å²) in [5, 5.41) is 0. The smallest absolute Gasteiger partial charge is 0.138 e. The number of benzene rings is 1. The van der Waals surface area contributed by atoms with E-state index in [4.69, 9.17) is 0 Å². The van der Waals surface area contributed by atoms with E-state index in [-0.39, 0.29) is 5.82 Å². The number of fused-ring (bicyclic) bond motifs is 1. The van der Waals surface area contributed by atoms with Crippen molar-refractivity contribution in [1.29, 1.82) is 0 Å². The van der Waals surface area contributed by atoms with Gasteiger partial charge >= 0.3 is 0 Å². The number of hydrogen-bond acceptors (Lipinski definition) is 1. The Hall–Kier alpha value is -0.650. The molecule has 0 saturated heterocycles. The standard InChI is InChI=1S/C11H10FIN2/c12-8-4-11-10(5-9(8)13)14-6-15(11)7-2-1-3-7/h4-7H,1-3H2. The summed E-state index contributed by atoms with van der Waals surface area (Å²) in [5.74, 6) is -0.149. The predicted octanol–water partition coefficient (Wildman–Crippen LogP) is 3.51. The Kier molecular flexibility index (Phi) is 2.19. The fraction of sp³-hybridized carbons (Fsp3) is 0.364. The van der Waals surface area contributed by atoms with Gasteiger partial charge in [-0.25, -0.2) is 9.37 Å². The van der Waals surface area contributed by atoms with E-state index in [0.29, 0.717) is 9.61 Å². The molecule has 78 valence electrons. The second-order valence-electron chi connectivity index (χ2n) is 3.99. The van der Waals surface area contributed by atoms with Gasteiger partial charge in [-0.2, -0.15) is 0 Å². The fourth-order valence-electron chi connectivity index (χ4n) is 1.98. The zero-order chi connectivity index (χ0) is 10.4. The third kappa shape index (κ3) is 1.46. The van der Waals surface area contributed by atoms with Gasteiger partial charge in [-0.1, -0.05) is 0 Å². The molecular formula is C11H10FIN2. The average Bonchev–Trinajstić information content (AvgIpc) is 2.48. The highest BCUT2D eigenvalue weighted by atomic mass is 127. The van der Waals surface area contributed by atoms with Gasteiger partial charge in [0.2, 0.25) is 0 Å². The lowest BCUT2D eigenvalue weighted by Gasteiger charge is -2.27. The van der Waals surface area contributed by atoms with Crippen molar-refractivity contribution in [3.05, 3.63) is 27.8 Å². The van der Waals surface area contributed by atoms with Crippen LogP contribution in [0.25, 0.3) is 11.0 Å². The molecule has 0 spiro atoms. The third-order valence-corrected chi connectivity index (χ3v) is 3.91. The van der Waals surface area contributed by atoms with Crippen LogP contribution in [0.4, 0.5) is 4.39 Å². The topological polar surface area (TPSA) is 17.8 Å². The second kappa shape index (κ2) is 3.43. The van der Waals surface area contributed by atoms with E-state index in [9.17, 15) is 4.39 Å². The number of rotatable bonds is 1. The van der Waals surface area contributed by atoms with E-state index in [1.54, 1.807) is 12.1 Å². The van der Waals surface area contributed by atoms with E-state index < -0.39 is 0 Å². The van der Waals surface area contributed by atoms with Crippen molar-refractivity contribution in [3.8, 4) is 0 Å². The van der Waals surface area contributed by atoms with E-state index in [2.05, 4.69) is 9.55 Å². The van der Waals surface area contributed by atoms with E-state index in [0.717, 1.165) is 11.0 Å². The lowest BCUT2D eigenvalue weighted by atomic mass is 9.93. The van der Waals surface area contributed by atoms with Gasteiger partial charge in [-0.05, 0) is 47.9 Å². The summed E-state index contributed by atoms with van der Waals surface area (Å²) < 4.78 is 16.2. The first kappa shape index (κ1) is 9.57. The Morgan fingerprint density at radius 3 is 2.87 bits per heavy atom. The molecule has 1 aliphatic carbocycles. The molecule has 15 heavy (non-hydrogen) atoms. The van der Waals surface area contributed by atoms with Crippen molar-refractivity contribution in [3.63, 3.8) is 0 Å². The van der Waals surface area contributed by atoms with Gasteiger partial charge in [0, 0.05) is 12.1 Å². The molecule has 1 saturated carbocycles. The zero-order valence-electron chi connectivity index (χ0n) is 8.08. The summed E-state index contributed by atoms with van der Waals surface area (Å²) >= 11 is 2.00.